The van der Waals surface area contributed by atoms with Crippen molar-refractivity contribution in [2.75, 3.05) is 20.0 Å². The maximum atomic E-state index is 12.3. The number of aromatic nitrogens is 2. The molecule has 0 amide bonds. The van der Waals surface area contributed by atoms with Gasteiger partial charge in [-0.3, -0.25) is 0 Å². The van der Waals surface area contributed by atoms with E-state index < -0.39 is 5.63 Å². The van der Waals surface area contributed by atoms with Crippen molar-refractivity contribution in [3.63, 3.8) is 0 Å². The predicted molar refractivity (Wildman–Crippen MR) is 98.5 cm³/mol. The van der Waals surface area contributed by atoms with Crippen molar-refractivity contribution in [1.82, 2.24) is 9.97 Å². The summed E-state index contributed by atoms with van der Waals surface area (Å²) in [6.45, 7) is 0. The molecule has 0 unspecified atom stereocenters. The number of fused-ring (bicyclic) bond motifs is 3. The zero-order chi connectivity index (χ0) is 18.3. The molecule has 4 rings (SSSR count). The van der Waals surface area contributed by atoms with Crippen molar-refractivity contribution in [3.8, 4) is 22.9 Å². The van der Waals surface area contributed by atoms with Crippen LogP contribution in [-0.4, -0.2) is 24.2 Å². The number of hydrogen-bond donors (Lipinski definition) is 1. The van der Waals surface area contributed by atoms with Crippen molar-refractivity contribution in [2.45, 2.75) is 0 Å². The number of methoxy groups -OCH3 is 2. The Morgan fingerprint density at radius 1 is 1.00 bits per heavy atom. The molecule has 0 saturated heterocycles. The lowest BCUT2D eigenvalue weighted by atomic mass is 10.1. The van der Waals surface area contributed by atoms with Gasteiger partial charge >= 0.3 is 5.63 Å². The summed E-state index contributed by atoms with van der Waals surface area (Å²) in [5, 5.41) is 0.867. The van der Waals surface area contributed by atoms with Gasteiger partial charge in [0.1, 0.15) is 16.8 Å². The lowest BCUT2D eigenvalue weighted by molar-refractivity contribution is 0.355. The molecule has 0 saturated carbocycles. The molecule has 2 N–H and O–H groups in total. The highest BCUT2D eigenvalue weighted by molar-refractivity contribution is 6.05. The quantitative estimate of drug-likeness (QED) is 0.448. The molecule has 7 nitrogen and oxygen atoms in total. The first-order valence-corrected chi connectivity index (χ1v) is 7.84. The first-order chi connectivity index (χ1) is 12.6. The maximum absolute atomic E-state index is 12.3. The van der Waals surface area contributed by atoms with Crippen molar-refractivity contribution < 1.29 is 13.9 Å². The van der Waals surface area contributed by atoms with Crippen molar-refractivity contribution >= 4 is 27.7 Å². The standard InChI is InChI=1S/C19H15N3O4/c1-24-13-8-7-10(9-14(13)25-2)18-21-16-11-5-3-4-6-12(11)26-19(23)15(16)17(20)22-18/h3-9H,1-2H3,(H2,20,21,22). The van der Waals surface area contributed by atoms with E-state index in [0.717, 1.165) is 0 Å². The zero-order valence-corrected chi connectivity index (χ0v) is 14.1. The van der Waals surface area contributed by atoms with Crippen LogP contribution < -0.4 is 20.8 Å². The maximum Gasteiger partial charge on any atom is 0.349 e. The number of nitrogen functional groups attached to an aromatic ring is 1. The molecule has 7 heteroatoms. The number of rotatable bonds is 3. The van der Waals surface area contributed by atoms with E-state index >= 15 is 0 Å². The Labute approximate surface area is 148 Å². The minimum atomic E-state index is -0.560. The molecule has 0 fully saturated rings. The van der Waals surface area contributed by atoms with E-state index in [1.165, 1.54) is 0 Å². The average Bonchev–Trinajstić information content (AvgIpc) is 2.67. The van der Waals surface area contributed by atoms with E-state index in [2.05, 4.69) is 9.97 Å². The van der Waals surface area contributed by atoms with Crippen LogP contribution >= 0.6 is 0 Å². The van der Waals surface area contributed by atoms with Gasteiger partial charge in [0.15, 0.2) is 17.3 Å². The Hall–Kier alpha value is -3.61. The van der Waals surface area contributed by atoms with Crippen LogP contribution in [-0.2, 0) is 0 Å². The summed E-state index contributed by atoms with van der Waals surface area (Å²) in [7, 11) is 3.11. The SMILES string of the molecule is COc1ccc(-c2nc(N)c3c(=O)oc4ccccc4c3n2)cc1OC. The Morgan fingerprint density at radius 3 is 2.54 bits per heavy atom. The summed E-state index contributed by atoms with van der Waals surface area (Å²) in [6.07, 6.45) is 0. The number of hydrogen-bond acceptors (Lipinski definition) is 7. The molecule has 0 atom stereocenters. The fourth-order valence-corrected chi connectivity index (χ4v) is 2.88. The van der Waals surface area contributed by atoms with E-state index in [9.17, 15) is 4.79 Å². The van der Waals surface area contributed by atoms with E-state index in [-0.39, 0.29) is 11.2 Å². The van der Waals surface area contributed by atoms with Gasteiger partial charge in [-0.15, -0.1) is 0 Å². The molecular weight excluding hydrogens is 334 g/mol. The van der Waals surface area contributed by atoms with Crippen LogP contribution in [0.15, 0.2) is 51.7 Å². The molecule has 4 aromatic rings. The molecule has 130 valence electrons. The molecule has 2 aromatic carbocycles. The van der Waals surface area contributed by atoms with Crippen LogP contribution in [0.5, 0.6) is 11.5 Å². The largest absolute Gasteiger partial charge is 0.493 e. The van der Waals surface area contributed by atoms with Crippen LogP contribution in [0.25, 0.3) is 33.3 Å². The highest BCUT2D eigenvalue weighted by Gasteiger charge is 2.16. The van der Waals surface area contributed by atoms with Crippen molar-refractivity contribution in [3.05, 3.63) is 52.9 Å². The first-order valence-electron chi connectivity index (χ1n) is 7.84. The molecule has 0 bridgehead atoms. The summed E-state index contributed by atoms with van der Waals surface area (Å²) in [6, 6.07) is 12.5. The number of ether oxygens (including phenoxy) is 2. The van der Waals surface area contributed by atoms with Crippen LogP contribution in [0.2, 0.25) is 0 Å². The third-order valence-corrected chi connectivity index (χ3v) is 4.13. The van der Waals surface area contributed by atoms with Crippen molar-refractivity contribution in [2.24, 2.45) is 0 Å². The molecular formula is C19H15N3O4. The minimum absolute atomic E-state index is 0.0688. The smallest absolute Gasteiger partial charge is 0.349 e. The summed E-state index contributed by atoms with van der Waals surface area (Å²) in [4.78, 5) is 21.1. The number of benzene rings is 2. The predicted octanol–water partition coefficient (Wildman–Crippen LogP) is 3.00. The van der Waals surface area contributed by atoms with Gasteiger partial charge in [-0.25, -0.2) is 14.8 Å². The number of para-hydroxylation sites is 1. The minimum Gasteiger partial charge on any atom is -0.493 e. The van der Waals surface area contributed by atoms with E-state index in [0.29, 0.717) is 39.4 Å². The van der Waals surface area contributed by atoms with Crippen LogP contribution in [0.4, 0.5) is 5.82 Å². The fraction of sp³-hybridized carbons (Fsp3) is 0.105. The summed E-state index contributed by atoms with van der Waals surface area (Å²) < 4.78 is 15.9. The summed E-state index contributed by atoms with van der Waals surface area (Å²) in [5.41, 5.74) is 7.07. The monoisotopic (exact) mass is 349 g/mol. The van der Waals surface area contributed by atoms with E-state index in [1.807, 2.05) is 12.1 Å². The van der Waals surface area contributed by atoms with Gasteiger partial charge in [-0.1, -0.05) is 12.1 Å². The third kappa shape index (κ3) is 2.41. The Bertz CT molecular complexity index is 1200. The molecule has 0 spiro atoms. The zero-order valence-electron chi connectivity index (χ0n) is 14.1. The fourth-order valence-electron chi connectivity index (χ4n) is 2.88. The van der Waals surface area contributed by atoms with Gasteiger partial charge in [0, 0.05) is 10.9 Å². The second kappa shape index (κ2) is 6.03. The highest BCUT2D eigenvalue weighted by atomic mass is 16.5. The van der Waals surface area contributed by atoms with Gasteiger partial charge in [0.25, 0.3) is 0 Å². The normalized spacial score (nSPS) is 11.0. The van der Waals surface area contributed by atoms with Crippen molar-refractivity contribution in [1.29, 1.82) is 0 Å². The molecule has 2 heterocycles. The topological polar surface area (TPSA) is 100 Å². The first kappa shape index (κ1) is 15.9. The Balaban J connectivity index is 2.03. The van der Waals surface area contributed by atoms with Crippen LogP contribution in [0.3, 0.4) is 0 Å². The molecule has 0 radical (unpaired) electrons. The number of nitrogens with zero attached hydrogens (tertiary/aromatic N) is 2. The van der Waals surface area contributed by atoms with Gasteiger partial charge in [0.2, 0.25) is 0 Å². The van der Waals surface area contributed by atoms with Crippen LogP contribution in [0.1, 0.15) is 0 Å². The molecule has 2 aromatic heterocycles. The lowest BCUT2D eigenvalue weighted by Crippen LogP contribution is -2.08. The second-order valence-electron chi connectivity index (χ2n) is 5.61. The third-order valence-electron chi connectivity index (χ3n) is 4.13. The van der Waals surface area contributed by atoms with Crippen LogP contribution in [0, 0.1) is 0 Å². The van der Waals surface area contributed by atoms with E-state index in [4.69, 9.17) is 19.6 Å². The summed E-state index contributed by atoms with van der Waals surface area (Å²) in [5.74, 6) is 1.59. The average molecular weight is 349 g/mol. The number of anilines is 1. The lowest BCUT2D eigenvalue weighted by Gasteiger charge is -2.10. The van der Waals surface area contributed by atoms with Gasteiger partial charge < -0.3 is 19.6 Å². The Morgan fingerprint density at radius 2 is 1.77 bits per heavy atom. The highest BCUT2D eigenvalue weighted by Crippen LogP contribution is 2.32. The number of nitrogens with two attached hydrogens (primary N) is 1. The molecule has 0 aliphatic rings. The van der Waals surface area contributed by atoms with E-state index in [1.54, 1.807) is 44.6 Å². The van der Waals surface area contributed by atoms with Gasteiger partial charge in [0.05, 0.1) is 19.7 Å². The second-order valence-corrected chi connectivity index (χ2v) is 5.61. The Kier molecular flexibility index (Phi) is 3.69. The van der Waals surface area contributed by atoms with Gasteiger partial charge in [-0.2, -0.15) is 0 Å². The summed E-state index contributed by atoms with van der Waals surface area (Å²) >= 11 is 0. The molecule has 0 aliphatic carbocycles. The molecule has 0 aliphatic heterocycles. The molecule has 26 heavy (non-hydrogen) atoms. The van der Waals surface area contributed by atoms with Gasteiger partial charge in [-0.05, 0) is 30.3 Å².